The maximum atomic E-state index is 7.65. The molecule has 0 aliphatic heterocycles. The number of ether oxygens (including phenoxy) is 1. The Hall–Kier alpha value is -1.88. The van der Waals surface area contributed by atoms with Crippen molar-refractivity contribution in [3.63, 3.8) is 0 Å². The highest BCUT2D eigenvalue weighted by atomic mass is 79.9. The fourth-order valence-corrected chi connectivity index (χ4v) is 2.24. The van der Waals surface area contributed by atoms with Gasteiger partial charge in [-0.15, -0.1) is 0 Å². The van der Waals surface area contributed by atoms with Crippen molar-refractivity contribution in [1.82, 2.24) is 4.98 Å². The fraction of sp³-hybridized carbons (Fsp3) is 0.200. The molecule has 0 saturated heterocycles. The second kappa shape index (κ2) is 5.63. The number of nitrogens with two attached hydrogens (primary N) is 1. The number of halogens is 1. The predicted octanol–water partition coefficient (Wildman–Crippen LogP) is 3.85. The lowest BCUT2D eigenvalue weighted by Gasteiger charge is -2.13. The molecule has 2 aromatic rings. The zero-order chi connectivity index (χ0) is 14.9. The zero-order valence-corrected chi connectivity index (χ0v) is 13.2. The Kier molecular flexibility index (Phi) is 4.09. The number of nitrogens with one attached hydrogen (secondary N) is 1. The number of aryl methyl sites for hydroxylation is 3. The average molecular weight is 334 g/mol. The summed E-state index contributed by atoms with van der Waals surface area (Å²) in [5.74, 6) is 0.999. The Labute approximate surface area is 126 Å². The van der Waals surface area contributed by atoms with Crippen molar-refractivity contribution in [1.29, 1.82) is 5.41 Å². The smallest absolute Gasteiger partial charge is 0.230 e. The normalized spacial score (nSPS) is 10.4. The Morgan fingerprint density at radius 3 is 2.35 bits per heavy atom. The molecule has 5 heteroatoms. The van der Waals surface area contributed by atoms with Crippen LogP contribution in [0.2, 0.25) is 0 Å². The third-order valence-electron chi connectivity index (χ3n) is 3.02. The van der Waals surface area contributed by atoms with Gasteiger partial charge < -0.3 is 10.5 Å². The standard InChI is InChI=1S/C15H16BrN3O/c1-8-4-5-19-15(12(8)14(17)18)20-11-6-9(2)13(16)10(3)7-11/h4-7H,1-3H3,(H3,17,18). The van der Waals surface area contributed by atoms with E-state index in [1.807, 2.05) is 39.0 Å². The SMILES string of the molecule is Cc1cc(Oc2nccc(C)c2C(=N)N)cc(C)c1Br. The number of benzene rings is 1. The van der Waals surface area contributed by atoms with Gasteiger partial charge in [-0.3, -0.25) is 5.41 Å². The van der Waals surface area contributed by atoms with Crippen molar-refractivity contribution in [2.45, 2.75) is 20.8 Å². The summed E-state index contributed by atoms with van der Waals surface area (Å²) in [6.45, 7) is 5.88. The fourth-order valence-electron chi connectivity index (χ4n) is 2.02. The predicted molar refractivity (Wildman–Crippen MR) is 83.7 cm³/mol. The molecule has 0 saturated carbocycles. The summed E-state index contributed by atoms with van der Waals surface area (Å²) < 4.78 is 6.88. The Balaban J connectivity index is 2.45. The maximum Gasteiger partial charge on any atom is 0.230 e. The molecule has 0 aliphatic rings. The molecule has 0 spiro atoms. The minimum Gasteiger partial charge on any atom is -0.438 e. The van der Waals surface area contributed by atoms with Gasteiger partial charge in [0.25, 0.3) is 0 Å². The van der Waals surface area contributed by atoms with Crippen LogP contribution in [-0.2, 0) is 0 Å². The number of hydrogen-bond donors (Lipinski definition) is 2. The number of aromatic nitrogens is 1. The molecule has 0 fully saturated rings. The van der Waals surface area contributed by atoms with Crippen LogP contribution in [0, 0.1) is 26.2 Å². The molecular weight excluding hydrogens is 318 g/mol. The van der Waals surface area contributed by atoms with Crippen LogP contribution in [0.25, 0.3) is 0 Å². The second-order valence-corrected chi connectivity index (χ2v) is 5.49. The molecule has 1 aromatic heterocycles. The van der Waals surface area contributed by atoms with Gasteiger partial charge in [-0.05, 0) is 55.7 Å². The van der Waals surface area contributed by atoms with Crippen molar-refractivity contribution in [3.05, 3.63) is 51.1 Å². The van der Waals surface area contributed by atoms with Crippen molar-refractivity contribution in [2.75, 3.05) is 0 Å². The highest BCUT2D eigenvalue weighted by molar-refractivity contribution is 9.10. The Morgan fingerprint density at radius 2 is 1.80 bits per heavy atom. The van der Waals surface area contributed by atoms with Gasteiger partial charge in [-0.25, -0.2) is 4.98 Å². The molecular formula is C15H16BrN3O. The van der Waals surface area contributed by atoms with Crippen molar-refractivity contribution >= 4 is 21.8 Å². The summed E-state index contributed by atoms with van der Waals surface area (Å²) in [5, 5.41) is 7.65. The van der Waals surface area contributed by atoms with E-state index in [-0.39, 0.29) is 5.84 Å². The summed E-state index contributed by atoms with van der Waals surface area (Å²) in [6, 6.07) is 5.65. The topological polar surface area (TPSA) is 72.0 Å². The highest BCUT2D eigenvalue weighted by Crippen LogP contribution is 2.30. The number of rotatable bonds is 3. The first-order chi connectivity index (χ1) is 9.40. The van der Waals surface area contributed by atoms with E-state index < -0.39 is 0 Å². The lowest BCUT2D eigenvalue weighted by atomic mass is 10.1. The summed E-state index contributed by atoms with van der Waals surface area (Å²) >= 11 is 3.52. The van der Waals surface area contributed by atoms with Crippen molar-refractivity contribution in [2.24, 2.45) is 5.73 Å². The van der Waals surface area contributed by atoms with Gasteiger partial charge in [0.05, 0.1) is 5.56 Å². The monoisotopic (exact) mass is 333 g/mol. The van der Waals surface area contributed by atoms with Gasteiger partial charge in [0.1, 0.15) is 11.6 Å². The van der Waals surface area contributed by atoms with Crippen LogP contribution in [0.15, 0.2) is 28.9 Å². The molecule has 104 valence electrons. The zero-order valence-electron chi connectivity index (χ0n) is 11.6. The number of amidine groups is 1. The quantitative estimate of drug-likeness (QED) is 0.662. The van der Waals surface area contributed by atoms with Crippen molar-refractivity contribution in [3.8, 4) is 11.6 Å². The first kappa shape index (κ1) is 14.5. The van der Waals surface area contributed by atoms with Gasteiger partial charge in [-0.1, -0.05) is 15.9 Å². The van der Waals surface area contributed by atoms with E-state index >= 15 is 0 Å². The summed E-state index contributed by atoms with van der Waals surface area (Å²) in [4.78, 5) is 4.18. The Bertz CT molecular complexity index is 660. The molecule has 2 rings (SSSR count). The molecule has 4 nitrogen and oxygen atoms in total. The molecule has 0 radical (unpaired) electrons. The van der Waals surface area contributed by atoms with Crippen LogP contribution in [0.5, 0.6) is 11.6 Å². The largest absolute Gasteiger partial charge is 0.438 e. The van der Waals surface area contributed by atoms with Crippen molar-refractivity contribution < 1.29 is 4.74 Å². The van der Waals surface area contributed by atoms with Gasteiger partial charge in [0, 0.05) is 10.7 Å². The molecule has 0 atom stereocenters. The van der Waals surface area contributed by atoms with E-state index in [2.05, 4.69) is 20.9 Å². The number of pyridine rings is 1. The van der Waals surface area contributed by atoms with E-state index in [1.165, 1.54) is 0 Å². The van der Waals surface area contributed by atoms with E-state index in [0.29, 0.717) is 17.2 Å². The number of hydrogen-bond acceptors (Lipinski definition) is 3. The number of nitrogen functional groups attached to an aromatic ring is 1. The molecule has 0 bridgehead atoms. The first-order valence-corrected chi connectivity index (χ1v) is 6.94. The third-order valence-corrected chi connectivity index (χ3v) is 4.27. The summed E-state index contributed by atoms with van der Waals surface area (Å²) in [6.07, 6.45) is 1.65. The van der Waals surface area contributed by atoms with E-state index in [1.54, 1.807) is 6.20 Å². The molecule has 3 N–H and O–H groups in total. The summed E-state index contributed by atoms with van der Waals surface area (Å²) in [5.41, 5.74) is 9.17. The third kappa shape index (κ3) is 2.82. The van der Waals surface area contributed by atoms with Crippen LogP contribution in [0.1, 0.15) is 22.3 Å². The van der Waals surface area contributed by atoms with Gasteiger partial charge in [0.2, 0.25) is 5.88 Å². The van der Waals surface area contributed by atoms with Crippen LogP contribution in [0.3, 0.4) is 0 Å². The summed E-state index contributed by atoms with van der Waals surface area (Å²) in [7, 11) is 0. The molecule has 0 unspecified atom stereocenters. The van der Waals surface area contributed by atoms with Gasteiger partial charge >= 0.3 is 0 Å². The minimum atomic E-state index is -0.0452. The lowest BCUT2D eigenvalue weighted by Crippen LogP contribution is -2.14. The Morgan fingerprint density at radius 1 is 1.20 bits per heavy atom. The average Bonchev–Trinajstić information content (AvgIpc) is 2.35. The maximum absolute atomic E-state index is 7.65. The van der Waals surface area contributed by atoms with Gasteiger partial charge in [-0.2, -0.15) is 0 Å². The minimum absolute atomic E-state index is 0.0452. The van der Waals surface area contributed by atoms with E-state index in [4.69, 9.17) is 15.9 Å². The molecule has 1 aromatic carbocycles. The van der Waals surface area contributed by atoms with E-state index in [9.17, 15) is 0 Å². The second-order valence-electron chi connectivity index (χ2n) is 4.69. The molecule has 0 amide bonds. The van der Waals surface area contributed by atoms with Crippen LogP contribution < -0.4 is 10.5 Å². The number of nitrogens with zero attached hydrogens (tertiary/aromatic N) is 1. The van der Waals surface area contributed by atoms with Crippen LogP contribution in [-0.4, -0.2) is 10.8 Å². The molecule has 0 aliphatic carbocycles. The molecule has 1 heterocycles. The van der Waals surface area contributed by atoms with Gasteiger partial charge in [0.15, 0.2) is 0 Å². The van der Waals surface area contributed by atoms with E-state index in [0.717, 1.165) is 21.2 Å². The first-order valence-electron chi connectivity index (χ1n) is 6.14. The molecule has 20 heavy (non-hydrogen) atoms. The van der Waals surface area contributed by atoms with Crippen LogP contribution in [0.4, 0.5) is 0 Å². The van der Waals surface area contributed by atoms with Crippen LogP contribution >= 0.6 is 15.9 Å². The highest BCUT2D eigenvalue weighted by Gasteiger charge is 2.13. The lowest BCUT2D eigenvalue weighted by molar-refractivity contribution is 0.460.